The second-order valence-corrected chi connectivity index (χ2v) is 4.37. The SMILES string of the molecule is NC(=S)c1ccc(NC(=O)NC2CC2)c(F)c1. The molecule has 90 valence electrons. The monoisotopic (exact) mass is 253 g/mol. The van der Waals surface area contributed by atoms with E-state index in [-0.39, 0.29) is 16.7 Å². The number of amides is 2. The van der Waals surface area contributed by atoms with Crippen molar-refractivity contribution in [3.8, 4) is 0 Å². The number of hydrogen-bond donors (Lipinski definition) is 3. The van der Waals surface area contributed by atoms with Gasteiger partial charge in [-0.3, -0.25) is 0 Å². The first-order valence-corrected chi connectivity index (χ1v) is 5.64. The van der Waals surface area contributed by atoms with Crippen molar-refractivity contribution in [2.75, 3.05) is 5.32 Å². The molecule has 1 aliphatic carbocycles. The normalized spacial score (nSPS) is 14.2. The Balaban J connectivity index is 2.04. The molecule has 0 saturated heterocycles. The number of thiocarbonyl (C=S) groups is 1. The van der Waals surface area contributed by atoms with Crippen molar-refractivity contribution in [1.82, 2.24) is 5.32 Å². The predicted molar refractivity (Wildman–Crippen MR) is 67.5 cm³/mol. The fourth-order valence-electron chi connectivity index (χ4n) is 1.34. The smallest absolute Gasteiger partial charge is 0.319 e. The molecule has 4 N–H and O–H groups in total. The van der Waals surface area contributed by atoms with Crippen LogP contribution < -0.4 is 16.4 Å². The Hall–Kier alpha value is -1.69. The van der Waals surface area contributed by atoms with Gasteiger partial charge in [0.1, 0.15) is 10.8 Å². The quantitative estimate of drug-likeness (QED) is 0.719. The molecule has 0 spiro atoms. The molecule has 6 heteroatoms. The van der Waals surface area contributed by atoms with E-state index in [2.05, 4.69) is 10.6 Å². The van der Waals surface area contributed by atoms with Crippen LogP contribution in [0.15, 0.2) is 18.2 Å². The second kappa shape index (κ2) is 4.67. The van der Waals surface area contributed by atoms with Crippen molar-refractivity contribution >= 4 is 28.9 Å². The topological polar surface area (TPSA) is 67.1 Å². The van der Waals surface area contributed by atoms with Gasteiger partial charge in [0, 0.05) is 11.6 Å². The van der Waals surface area contributed by atoms with Crippen LogP contribution >= 0.6 is 12.2 Å². The number of carbonyl (C=O) groups excluding carboxylic acids is 1. The van der Waals surface area contributed by atoms with Gasteiger partial charge >= 0.3 is 6.03 Å². The van der Waals surface area contributed by atoms with Crippen LogP contribution in [0.2, 0.25) is 0 Å². The number of nitrogens with one attached hydrogen (secondary N) is 2. The van der Waals surface area contributed by atoms with E-state index in [1.807, 2.05) is 0 Å². The average molecular weight is 253 g/mol. The Kier molecular flexibility index (Phi) is 3.23. The highest BCUT2D eigenvalue weighted by atomic mass is 32.1. The Labute approximate surface area is 103 Å². The minimum Gasteiger partial charge on any atom is -0.389 e. The molecule has 1 aromatic carbocycles. The van der Waals surface area contributed by atoms with Gasteiger partial charge in [-0.1, -0.05) is 12.2 Å². The van der Waals surface area contributed by atoms with Gasteiger partial charge in [-0.25, -0.2) is 9.18 Å². The minimum atomic E-state index is -0.554. The van der Waals surface area contributed by atoms with Crippen molar-refractivity contribution in [1.29, 1.82) is 0 Å². The first-order valence-electron chi connectivity index (χ1n) is 5.23. The molecule has 0 heterocycles. The maximum Gasteiger partial charge on any atom is 0.319 e. The molecule has 1 fully saturated rings. The minimum absolute atomic E-state index is 0.114. The summed E-state index contributed by atoms with van der Waals surface area (Å²) in [7, 11) is 0. The highest BCUT2D eigenvalue weighted by molar-refractivity contribution is 7.80. The summed E-state index contributed by atoms with van der Waals surface area (Å²) in [5.74, 6) is -0.554. The summed E-state index contributed by atoms with van der Waals surface area (Å²) in [5.41, 5.74) is 5.92. The maximum atomic E-state index is 13.6. The zero-order valence-electron chi connectivity index (χ0n) is 9.00. The van der Waals surface area contributed by atoms with Gasteiger partial charge in [0.05, 0.1) is 5.69 Å². The predicted octanol–water partition coefficient (Wildman–Crippen LogP) is 1.74. The number of halogens is 1. The summed E-state index contributed by atoms with van der Waals surface area (Å²) in [6.45, 7) is 0. The zero-order valence-corrected chi connectivity index (χ0v) is 9.81. The van der Waals surface area contributed by atoms with E-state index in [0.29, 0.717) is 5.56 Å². The van der Waals surface area contributed by atoms with Crippen LogP contribution in [0.3, 0.4) is 0 Å². The van der Waals surface area contributed by atoms with Gasteiger partial charge in [-0.05, 0) is 31.0 Å². The molecule has 2 amide bonds. The fourth-order valence-corrected chi connectivity index (χ4v) is 1.47. The molecule has 0 aliphatic heterocycles. The molecule has 2 rings (SSSR count). The third-order valence-electron chi connectivity index (χ3n) is 2.41. The summed E-state index contributed by atoms with van der Waals surface area (Å²) < 4.78 is 13.6. The summed E-state index contributed by atoms with van der Waals surface area (Å²) in [4.78, 5) is 11.5. The van der Waals surface area contributed by atoms with E-state index in [0.717, 1.165) is 12.8 Å². The Bertz CT molecular complexity index is 474. The Morgan fingerprint density at radius 2 is 2.18 bits per heavy atom. The summed E-state index contributed by atoms with van der Waals surface area (Å²) >= 11 is 4.73. The van der Waals surface area contributed by atoms with Crippen molar-refractivity contribution < 1.29 is 9.18 Å². The number of carbonyl (C=O) groups is 1. The molecule has 0 atom stereocenters. The van der Waals surface area contributed by atoms with Gasteiger partial charge in [-0.2, -0.15) is 0 Å². The first-order chi connectivity index (χ1) is 8.06. The third-order valence-corrected chi connectivity index (χ3v) is 2.65. The maximum absolute atomic E-state index is 13.6. The standard InChI is InChI=1S/C11H12FN3OS/c12-8-5-6(10(13)17)1-4-9(8)15-11(16)14-7-2-3-7/h1,4-5,7H,2-3H2,(H2,13,17)(H2,14,15,16). The lowest BCUT2D eigenvalue weighted by molar-refractivity contribution is 0.251. The molecule has 1 aliphatic rings. The van der Waals surface area contributed by atoms with E-state index in [9.17, 15) is 9.18 Å². The Morgan fingerprint density at radius 1 is 1.47 bits per heavy atom. The van der Waals surface area contributed by atoms with Gasteiger partial charge in [0.2, 0.25) is 0 Å². The lowest BCUT2D eigenvalue weighted by atomic mass is 10.2. The first kappa shape index (κ1) is 11.8. The Morgan fingerprint density at radius 3 is 2.71 bits per heavy atom. The van der Waals surface area contributed by atoms with Crippen LogP contribution in [-0.2, 0) is 0 Å². The van der Waals surface area contributed by atoms with E-state index in [1.165, 1.54) is 12.1 Å². The van der Waals surface area contributed by atoms with E-state index < -0.39 is 11.8 Å². The van der Waals surface area contributed by atoms with Gasteiger partial charge in [0.15, 0.2) is 0 Å². The number of anilines is 1. The van der Waals surface area contributed by atoms with E-state index in [4.69, 9.17) is 18.0 Å². The van der Waals surface area contributed by atoms with Gasteiger partial charge in [-0.15, -0.1) is 0 Å². The number of urea groups is 1. The highest BCUT2D eigenvalue weighted by Gasteiger charge is 2.23. The lowest BCUT2D eigenvalue weighted by Crippen LogP contribution is -2.30. The van der Waals surface area contributed by atoms with Gasteiger partial charge < -0.3 is 16.4 Å². The van der Waals surface area contributed by atoms with Crippen molar-refractivity contribution in [2.24, 2.45) is 5.73 Å². The van der Waals surface area contributed by atoms with E-state index in [1.54, 1.807) is 6.07 Å². The summed E-state index contributed by atoms with van der Waals surface area (Å²) in [5, 5.41) is 5.14. The average Bonchev–Trinajstić information content (AvgIpc) is 3.04. The van der Waals surface area contributed by atoms with Crippen LogP contribution in [0.5, 0.6) is 0 Å². The zero-order chi connectivity index (χ0) is 12.4. The molecule has 0 aromatic heterocycles. The van der Waals surface area contributed by atoms with Crippen LogP contribution in [0.1, 0.15) is 18.4 Å². The number of rotatable bonds is 3. The molecule has 4 nitrogen and oxygen atoms in total. The molecule has 0 unspecified atom stereocenters. The second-order valence-electron chi connectivity index (χ2n) is 3.93. The molecule has 0 radical (unpaired) electrons. The molecule has 17 heavy (non-hydrogen) atoms. The van der Waals surface area contributed by atoms with Crippen LogP contribution in [-0.4, -0.2) is 17.1 Å². The van der Waals surface area contributed by atoms with Crippen molar-refractivity contribution in [2.45, 2.75) is 18.9 Å². The van der Waals surface area contributed by atoms with Crippen molar-refractivity contribution in [3.63, 3.8) is 0 Å². The molecule has 1 saturated carbocycles. The van der Waals surface area contributed by atoms with Crippen LogP contribution in [0, 0.1) is 5.82 Å². The molecular weight excluding hydrogens is 241 g/mol. The van der Waals surface area contributed by atoms with E-state index >= 15 is 0 Å². The van der Waals surface area contributed by atoms with Crippen LogP contribution in [0.25, 0.3) is 0 Å². The summed E-state index contributed by atoms with van der Waals surface area (Å²) in [6.07, 6.45) is 1.96. The van der Waals surface area contributed by atoms with Crippen molar-refractivity contribution in [3.05, 3.63) is 29.6 Å². The fraction of sp³-hybridized carbons (Fsp3) is 0.273. The van der Waals surface area contributed by atoms with Crippen LogP contribution in [0.4, 0.5) is 14.9 Å². The third kappa shape index (κ3) is 3.13. The number of benzene rings is 1. The largest absolute Gasteiger partial charge is 0.389 e. The molecule has 0 bridgehead atoms. The summed E-state index contributed by atoms with van der Waals surface area (Å²) in [6, 6.07) is 4.05. The number of hydrogen-bond acceptors (Lipinski definition) is 2. The number of nitrogens with two attached hydrogens (primary N) is 1. The lowest BCUT2D eigenvalue weighted by Gasteiger charge is -2.08. The molecular formula is C11H12FN3OS. The highest BCUT2D eigenvalue weighted by Crippen LogP contribution is 2.20. The molecule has 1 aromatic rings. The van der Waals surface area contributed by atoms with Gasteiger partial charge in [0.25, 0.3) is 0 Å².